The highest BCUT2D eigenvalue weighted by molar-refractivity contribution is 6.03. The van der Waals surface area contributed by atoms with Gasteiger partial charge >= 0.3 is 0 Å². The van der Waals surface area contributed by atoms with Crippen LogP contribution in [0.5, 0.6) is 0 Å². The highest BCUT2D eigenvalue weighted by Crippen LogP contribution is 2.33. The minimum absolute atomic E-state index is 0.213. The highest BCUT2D eigenvalue weighted by atomic mass is 16.7. The quantitative estimate of drug-likeness (QED) is 0.877. The summed E-state index contributed by atoms with van der Waals surface area (Å²) in [5, 5.41) is 2.92. The topological polar surface area (TPSA) is 66.9 Å². The SMILES string of the molecule is CN(C)c1ccc(NC(=O)c2cc(N3CCC4(CC3)OCCO4)ccn2)cc1. The van der Waals surface area contributed by atoms with Crippen molar-refractivity contribution in [3.8, 4) is 0 Å². The number of nitrogens with one attached hydrogen (secondary N) is 1. The molecule has 2 aromatic rings. The molecule has 1 N–H and O–H groups in total. The van der Waals surface area contributed by atoms with E-state index in [4.69, 9.17) is 9.47 Å². The summed E-state index contributed by atoms with van der Waals surface area (Å²) < 4.78 is 11.6. The maximum Gasteiger partial charge on any atom is 0.274 e. The van der Waals surface area contributed by atoms with Gasteiger partial charge in [-0.05, 0) is 36.4 Å². The van der Waals surface area contributed by atoms with Crippen LogP contribution in [-0.2, 0) is 9.47 Å². The fraction of sp³-hybridized carbons (Fsp3) is 0.429. The Morgan fingerprint density at radius 2 is 1.79 bits per heavy atom. The smallest absolute Gasteiger partial charge is 0.274 e. The molecule has 0 atom stereocenters. The molecule has 0 bridgehead atoms. The van der Waals surface area contributed by atoms with E-state index in [1.54, 1.807) is 6.20 Å². The van der Waals surface area contributed by atoms with Crippen LogP contribution < -0.4 is 15.1 Å². The lowest BCUT2D eigenvalue weighted by molar-refractivity contribution is -0.169. The van der Waals surface area contributed by atoms with Crippen LogP contribution in [0.25, 0.3) is 0 Å². The van der Waals surface area contributed by atoms with Crippen LogP contribution in [0.3, 0.4) is 0 Å². The standard InChI is InChI=1S/C21H26N4O3/c1-24(2)17-5-3-16(4-6-17)23-20(26)19-15-18(7-10-22-19)25-11-8-21(9-12-25)27-13-14-28-21/h3-7,10,15H,8-9,11-14H2,1-2H3,(H,23,26). The molecule has 3 heterocycles. The van der Waals surface area contributed by atoms with Crippen LogP contribution in [0.15, 0.2) is 42.6 Å². The molecule has 2 fully saturated rings. The summed E-state index contributed by atoms with van der Waals surface area (Å²) in [5.41, 5.74) is 3.23. The van der Waals surface area contributed by atoms with Gasteiger partial charge in [-0.3, -0.25) is 9.78 Å². The monoisotopic (exact) mass is 382 g/mol. The molecule has 4 rings (SSSR count). The Kier molecular flexibility index (Phi) is 5.19. The van der Waals surface area contributed by atoms with Gasteiger partial charge in [-0.2, -0.15) is 0 Å². The number of pyridine rings is 1. The first-order valence-electron chi connectivity index (χ1n) is 9.62. The van der Waals surface area contributed by atoms with Gasteiger partial charge in [-0.15, -0.1) is 0 Å². The maximum absolute atomic E-state index is 12.6. The molecule has 0 radical (unpaired) electrons. The summed E-state index contributed by atoms with van der Waals surface area (Å²) in [6.07, 6.45) is 3.34. The second kappa shape index (κ2) is 7.77. The average Bonchev–Trinajstić information content (AvgIpc) is 3.17. The second-order valence-corrected chi connectivity index (χ2v) is 7.39. The van der Waals surface area contributed by atoms with Crippen LogP contribution in [0.1, 0.15) is 23.3 Å². The average molecular weight is 382 g/mol. The largest absolute Gasteiger partial charge is 0.378 e. The van der Waals surface area contributed by atoms with E-state index in [1.165, 1.54) is 0 Å². The van der Waals surface area contributed by atoms with E-state index in [0.29, 0.717) is 18.9 Å². The molecule has 0 unspecified atom stereocenters. The third-order valence-corrected chi connectivity index (χ3v) is 5.32. The number of rotatable bonds is 4. The normalized spacial score (nSPS) is 18.3. The van der Waals surface area contributed by atoms with Crippen molar-refractivity contribution in [3.05, 3.63) is 48.3 Å². The van der Waals surface area contributed by atoms with Crippen molar-refractivity contribution in [2.75, 3.05) is 55.5 Å². The number of piperidine rings is 1. The van der Waals surface area contributed by atoms with Gasteiger partial charge in [0.15, 0.2) is 5.79 Å². The van der Waals surface area contributed by atoms with Crippen molar-refractivity contribution >= 4 is 23.0 Å². The fourth-order valence-electron chi connectivity index (χ4n) is 3.67. The van der Waals surface area contributed by atoms with Crippen LogP contribution >= 0.6 is 0 Å². The van der Waals surface area contributed by atoms with E-state index in [1.807, 2.05) is 55.4 Å². The summed E-state index contributed by atoms with van der Waals surface area (Å²) in [4.78, 5) is 21.1. The lowest BCUT2D eigenvalue weighted by Gasteiger charge is -2.38. The number of benzene rings is 1. The molecule has 7 nitrogen and oxygen atoms in total. The highest BCUT2D eigenvalue weighted by Gasteiger charge is 2.39. The van der Waals surface area contributed by atoms with Gasteiger partial charge in [-0.1, -0.05) is 0 Å². The predicted octanol–water partition coefficient (Wildman–Crippen LogP) is 2.74. The van der Waals surface area contributed by atoms with Crippen molar-refractivity contribution in [3.63, 3.8) is 0 Å². The van der Waals surface area contributed by atoms with Gasteiger partial charge in [0.1, 0.15) is 5.69 Å². The minimum atomic E-state index is -0.400. The molecule has 2 saturated heterocycles. The molecule has 2 aliphatic rings. The number of ether oxygens (including phenoxy) is 2. The van der Waals surface area contributed by atoms with E-state index >= 15 is 0 Å². The molecular formula is C21H26N4O3. The van der Waals surface area contributed by atoms with Crippen LogP contribution in [0.4, 0.5) is 17.1 Å². The van der Waals surface area contributed by atoms with Crippen molar-refractivity contribution in [1.82, 2.24) is 4.98 Å². The molecular weight excluding hydrogens is 356 g/mol. The minimum Gasteiger partial charge on any atom is -0.378 e. The number of hydrogen-bond donors (Lipinski definition) is 1. The Bertz CT molecular complexity index is 822. The summed E-state index contributed by atoms with van der Waals surface area (Å²) >= 11 is 0. The number of aromatic nitrogens is 1. The predicted molar refractivity (Wildman–Crippen MR) is 109 cm³/mol. The lowest BCUT2D eigenvalue weighted by Crippen LogP contribution is -2.45. The molecule has 1 amide bonds. The third kappa shape index (κ3) is 3.95. The molecule has 7 heteroatoms. The van der Waals surface area contributed by atoms with Gasteiger partial charge in [0, 0.05) is 63.3 Å². The maximum atomic E-state index is 12.6. The third-order valence-electron chi connectivity index (χ3n) is 5.32. The van der Waals surface area contributed by atoms with Crippen LogP contribution in [0.2, 0.25) is 0 Å². The number of carbonyl (C=O) groups is 1. The number of carbonyl (C=O) groups excluding carboxylic acids is 1. The molecule has 0 aliphatic carbocycles. The van der Waals surface area contributed by atoms with Gasteiger partial charge < -0.3 is 24.6 Å². The van der Waals surface area contributed by atoms with E-state index in [2.05, 4.69) is 15.2 Å². The number of hydrogen-bond acceptors (Lipinski definition) is 6. The summed E-state index contributed by atoms with van der Waals surface area (Å²) in [5.74, 6) is -0.613. The van der Waals surface area contributed by atoms with Gasteiger partial charge in [0.2, 0.25) is 0 Å². The first-order chi connectivity index (χ1) is 13.5. The Morgan fingerprint density at radius 3 is 2.43 bits per heavy atom. The molecule has 1 aromatic heterocycles. The lowest BCUT2D eigenvalue weighted by atomic mass is 10.0. The van der Waals surface area contributed by atoms with Crippen molar-refractivity contribution in [1.29, 1.82) is 0 Å². The van der Waals surface area contributed by atoms with Gasteiger partial charge in [-0.25, -0.2) is 0 Å². The first kappa shape index (κ1) is 18.7. The second-order valence-electron chi connectivity index (χ2n) is 7.39. The van der Waals surface area contributed by atoms with Crippen molar-refractivity contribution in [2.24, 2.45) is 0 Å². The van der Waals surface area contributed by atoms with Crippen molar-refractivity contribution < 1.29 is 14.3 Å². The number of nitrogens with zero attached hydrogens (tertiary/aromatic N) is 3. The molecule has 0 saturated carbocycles. The van der Waals surface area contributed by atoms with E-state index in [9.17, 15) is 4.79 Å². The molecule has 1 spiro atoms. The van der Waals surface area contributed by atoms with Gasteiger partial charge in [0.25, 0.3) is 5.91 Å². The van der Waals surface area contributed by atoms with Crippen LogP contribution in [-0.4, -0.2) is 57.1 Å². The summed E-state index contributed by atoms with van der Waals surface area (Å²) in [6, 6.07) is 11.5. The summed E-state index contributed by atoms with van der Waals surface area (Å²) in [7, 11) is 3.97. The zero-order chi connectivity index (χ0) is 19.6. The first-order valence-corrected chi connectivity index (χ1v) is 9.62. The molecule has 2 aliphatic heterocycles. The zero-order valence-corrected chi connectivity index (χ0v) is 16.4. The Morgan fingerprint density at radius 1 is 1.11 bits per heavy atom. The molecule has 148 valence electrons. The fourth-order valence-corrected chi connectivity index (χ4v) is 3.67. The Labute approximate surface area is 165 Å². The Balaban J connectivity index is 1.41. The van der Waals surface area contributed by atoms with Crippen LogP contribution in [0, 0.1) is 0 Å². The summed E-state index contributed by atoms with van der Waals surface area (Å²) in [6.45, 7) is 3.01. The zero-order valence-electron chi connectivity index (χ0n) is 16.4. The number of amides is 1. The Hall–Kier alpha value is -2.64. The van der Waals surface area contributed by atoms with Crippen molar-refractivity contribution in [2.45, 2.75) is 18.6 Å². The molecule has 28 heavy (non-hydrogen) atoms. The van der Waals surface area contributed by atoms with E-state index in [0.717, 1.165) is 43.0 Å². The van der Waals surface area contributed by atoms with E-state index in [-0.39, 0.29) is 5.91 Å². The van der Waals surface area contributed by atoms with E-state index < -0.39 is 5.79 Å². The molecule has 1 aromatic carbocycles. The van der Waals surface area contributed by atoms with Gasteiger partial charge in [0.05, 0.1) is 13.2 Å². The number of anilines is 3.